The first-order valence-corrected chi connectivity index (χ1v) is 8.82. The molecule has 1 aromatic carbocycles. The smallest absolute Gasteiger partial charge is 0.318 e. The number of nitrogens with one attached hydrogen (secondary N) is 1. The average Bonchev–Trinajstić information content (AvgIpc) is 2.89. The highest BCUT2D eigenvalue weighted by Gasteiger charge is 2.30. The normalized spacial score (nSPS) is 11.9. The first kappa shape index (κ1) is 19.2. The molecule has 2 heterocycles. The highest BCUT2D eigenvalue weighted by molar-refractivity contribution is 9.10. The van der Waals surface area contributed by atoms with Gasteiger partial charge in [0.05, 0.1) is 11.8 Å². The van der Waals surface area contributed by atoms with Crippen molar-refractivity contribution in [1.29, 1.82) is 0 Å². The zero-order valence-corrected chi connectivity index (χ0v) is 16.1. The second-order valence-electron chi connectivity index (χ2n) is 5.94. The molecule has 0 radical (unpaired) electrons. The molecule has 1 N–H and O–H groups in total. The van der Waals surface area contributed by atoms with Gasteiger partial charge in [-0.05, 0) is 56.3 Å². The van der Waals surface area contributed by atoms with E-state index in [0.29, 0.717) is 0 Å². The van der Waals surface area contributed by atoms with E-state index in [2.05, 4.69) is 36.0 Å². The Morgan fingerprint density at radius 3 is 2.41 bits per heavy atom. The number of hydrogen-bond acceptors (Lipinski definition) is 3. The van der Waals surface area contributed by atoms with Crippen LogP contribution in [0.15, 0.2) is 58.2 Å². The van der Waals surface area contributed by atoms with E-state index >= 15 is 0 Å². The topological polar surface area (TPSA) is 42.2 Å². The molecule has 0 amide bonds. The molecule has 0 aliphatic carbocycles. The molecule has 0 saturated heterocycles. The van der Waals surface area contributed by atoms with Crippen LogP contribution in [0.5, 0.6) is 0 Å². The Labute approximate surface area is 162 Å². The molecule has 0 bridgehead atoms. The minimum absolute atomic E-state index is 0.237. The maximum absolute atomic E-state index is 12.5. The molecule has 0 fully saturated rings. The van der Waals surface area contributed by atoms with Crippen LogP contribution in [0.1, 0.15) is 22.5 Å². The Hall–Kier alpha value is -2.61. The Morgan fingerprint density at radius 2 is 1.81 bits per heavy atom. The lowest BCUT2D eigenvalue weighted by molar-refractivity contribution is -0.137. The molecule has 8 heteroatoms. The number of halogens is 4. The van der Waals surface area contributed by atoms with Crippen LogP contribution >= 0.6 is 15.9 Å². The van der Waals surface area contributed by atoms with E-state index < -0.39 is 11.7 Å². The van der Waals surface area contributed by atoms with Gasteiger partial charge in [0.25, 0.3) is 0 Å². The second kappa shape index (κ2) is 7.56. The van der Waals surface area contributed by atoms with E-state index in [1.165, 1.54) is 6.07 Å². The number of aromatic nitrogens is 2. The van der Waals surface area contributed by atoms with E-state index in [1.807, 2.05) is 44.2 Å². The van der Waals surface area contributed by atoms with Gasteiger partial charge in [-0.15, -0.1) is 0 Å². The fraction of sp³-hybridized carbons (Fsp3) is 0.158. The lowest BCUT2D eigenvalue weighted by Crippen LogP contribution is -2.05. The van der Waals surface area contributed by atoms with Gasteiger partial charge in [-0.25, -0.2) is 4.98 Å². The monoisotopic (exact) mass is 436 g/mol. The molecule has 3 rings (SSSR count). The van der Waals surface area contributed by atoms with Crippen molar-refractivity contribution in [2.45, 2.75) is 20.0 Å². The first-order valence-electron chi connectivity index (χ1n) is 8.03. The fourth-order valence-corrected chi connectivity index (χ4v) is 2.97. The maximum atomic E-state index is 12.5. The largest absolute Gasteiger partial charge is 0.417 e. The van der Waals surface area contributed by atoms with Gasteiger partial charge in [0, 0.05) is 33.3 Å². The number of anilines is 1. The van der Waals surface area contributed by atoms with Crippen molar-refractivity contribution < 1.29 is 13.2 Å². The summed E-state index contributed by atoms with van der Waals surface area (Å²) in [6, 6.07) is 12.2. The molecule has 2 aromatic heterocycles. The van der Waals surface area contributed by atoms with Crippen LogP contribution in [-0.2, 0) is 6.18 Å². The zero-order valence-electron chi connectivity index (χ0n) is 14.5. The van der Waals surface area contributed by atoms with Crippen LogP contribution in [0.25, 0.3) is 5.69 Å². The lowest BCUT2D eigenvalue weighted by Gasteiger charge is -2.09. The number of hydrazone groups is 1. The summed E-state index contributed by atoms with van der Waals surface area (Å²) >= 11 is 3.42. The minimum atomic E-state index is -4.40. The summed E-state index contributed by atoms with van der Waals surface area (Å²) in [4.78, 5) is 3.72. The number of benzene rings is 1. The number of aryl methyl sites for hydroxylation is 1. The van der Waals surface area contributed by atoms with Gasteiger partial charge in [0.1, 0.15) is 5.82 Å². The summed E-state index contributed by atoms with van der Waals surface area (Å²) in [5.74, 6) is 0.237. The van der Waals surface area contributed by atoms with Crippen molar-refractivity contribution in [2.24, 2.45) is 5.10 Å². The first-order chi connectivity index (χ1) is 12.8. The molecule has 0 saturated carbocycles. The van der Waals surface area contributed by atoms with Gasteiger partial charge in [-0.2, -0.15) is 18.3 Å². The van der Waals surface area contributed by atoms with E-state index in [0.717, 1.165) is 39.4 Å². The molecular formula is C19H16BrF3N4. The Kier molecular flexibility index (Phi) is 5.36. The Balaban J connectivity index is 1.76. The average molecular weight is 437 g/mol. The van der Waals surface area contributed by atoms with Gasteiger partial charge in [-0.3, -0.25) is 5.43 Å². The van der Waals surface area contributed by atoms with E-state index in [1.54, 1.807) is 6.21 Å². The summed E-state index contributed by atoms with van der Waals surface area (Å²) < 4.78 is 40.7. The van der Waals surface area contributed by atoms with Gasteiger partial charge < -0.3 is 4.57 Å². The minimum Gasteiger partial charge on any atom is -0.318 e. The zero-order chi connectivity index (χ0) is 19.6. The molecular weight excluding hydrogens is 421 g/mol. The fourth-order valence-electron chi connectivity index (χ4n) is 2.70. The van der Waals surface area contributed by atoms with Gasteiger partial charge >= 0.3 is 6.18 Å². The highest BCUT2D eigenvalue weighted by Crippen LogP contribution is 2.28. The van der Waals surface area contributed by atoms with Crippen molar-refractivity contribution in [1.82, 2.24) is 9.55 Å². The van der Waals surface area contributed by atoms with Crippen LogP contribution in [-0.4, -0.2) is 15.8 Å². The Bertz CT molecular complexity index is 958. The van der Waals surface area contributed by atoms with Crippen molar-refractivity contribution in [3.63, 3.8) is 0 Å². The van der Waals surface area contributed by atoms with Crippen LogP contribution < -0.4 is 5.43 Å². The molecule has 4 nitrogen and oxygen atoms in total. The lowest BCUT2D eigenvalue weighted by atomic mass is 10.2. The SMILES string of the molecule is Cc1cc(/C=N/Nc2ccc(C(F)(F)F)cn2)c(C)n1-c1ccc(Br)cc1. The predicted octanol–water partition coefficient (Wildman–Crippen LogP) is 5.72. The van der Waals surface area contributed by atoms with Crippen LogP contribution in [0, 0.1) is 13.8 Å². The van der Waals surface area contributed by atoms with Crippen LogP contribution in [0.3, 0.4) is 0 Å². The third-order valence-electron chi connectivity index (χ3n) is 4.03. The number of alkyl halides is 3. The molecule has 140 valence electrons. The molecule has 0 spiro atoms. The summed E-state index contributed by atoms with van der Waals surface area (Å²) in [7, 11) is 0. The highest BCUT2D eigenvalue weighted by atomic mass is 79.9. The van der Waals surface area contributed by atoms with Crippen molar-refractivity contribution in [3.05, 3.63) is 75.6 Å². The van der Waals surface area contributed by atoms with E-state index in [9.17, 15) is 13.2 Å². The quantitative estimate of drug-likeness (QED) is 0.419. The van der Waals surface area contributed by atoms with Crippen molar-refractivity contribution in [2.75, 3.05) is 5.43 Å². The standard InChI is InChI=1S/C19H16BrF3N4/c1-12-9-14(13(2)27(12)17-6-4-16(20)5-7-17)10-25-26-18-8-3-15(11-24-18)19(21,22)23/h3-11H,1-2H3,(H,24,26)/b25-10+. The number of pyridine rings is 1. The van der Waals surface area contributed by atoms with Gasteiger partial charge in [0.2, 0.25) is 0 Å². The van der Waals surface area contributed by atoms with Crippen molar-refractivity contribution in [3.8, 4) is 5.69 Å². The van der Waals surface area contributed by atoms with E-state index in [4.69, 9.17) is 0 Å². The number of nitrogens with zero attached hydrogens (tertiary/aromatic N) is 3. The van der Waals surface area contributed by atoms with Gasteiger partial charge in [0.15, 0.2) is 0 Å². The molecule has 0 aliphatic heterocycles. The number of hydrogen-bond donors (Lipinski definition) is 1. The molecule has 27 heavy (non-hydrogen) atoms. The predicted molar refractivity (Wildman–Crippen MR) is 103 cm³/mol. The summed E-state index contributed by atoms with van der Waals surface area (Å²) in [5.41, 5.74) is 5.83. The molecule has 0 aliphatic rings. The maximum Gasteiger partial charge on any atom is 0.417 e. The molecule has 0 unspecified atom stereocenters. The second-order valence-corrected chi connectivity index (χ2v) is 6.85. The van der Waals surface area contributed by atoms with Crippen LogP contribution in [0.2, 0.25) is 0 Å². The third-order valence-corrected chi connectivity index (χ3v) is 4.56. The van der Waals surface area contributed by atoms with Crippen molar-refractivity contribution >= 4 is 28.0 Å². The van der Waals surface area contributed by atoms with E-state index in [-0.39, 0.29) is 5.82 Å². The summed E-state index contributed by atoms with van der Waals surface area (Å²) in [5, 5.41) is 4.09. The summed E-state index contributed by atoms with van der Waals surface area (Å²) in [6.07, 6.45) is -2.01. The van der Waals surface area contributed by atoms with Crippen LogP contribution in [0.4, 0.5) is 19.0 Å². The third kappa shape index (κ3) is 4.39. The molecule has 3 aromatic rings. The van der Waals surface area contributed by atoms with Gasteiger partial charge in [-0.1, -0.05) is 15.9 Å². The summed E-state index contributed by atoms with van der Waals surface area (Å²) in [6.45, 7) is 3.98. The Morgan fingerprint density at radius 1 is 1.11 bits per heavy atom. The number of rotatable bonds is 4. The molecule has 0 atom stereocenters.